The topological polar surface area (TPSA) is 80.9 Å². The smallest absolute Gasteiger partial charge is 0.241 e. The van der Waals surface area contributed by atoms with Crippen LogP contribution in [0.5, 0.6) is 0 Å². The van der Waals surface area contributed by atoms with E-state index in [2.05, 4.69) is 20.4 Å². The van der Waals surface area contributed by atoms with Crippen molar-refractivity contribution in [3.63, 3.8) is 0 Å². The Morgan fingerprint density at radius 2 is 1.97 bits per heavy atom. The average molecular weight is 409 g/mol. The predicted molar refractivity (Wildman–Crippen MR) is 107 cm³/mol. The summed E-state index contributed by atoms with van der Waals surface area (Å²) in [5.74, 6) is -0.518. The van der Waals surface area contributed by atoms with E-state index < -0.39 is 0 Å². The van der Waals surface area contributed by atoms with E-state index in [0.29, 0.717) is 27.5 Å². The van der Waals surface area contributed by atoms with Crippen molar-refractivity contribution in [2.24, 2.45) is 0 Å². The first-order valence-electron chi connectivity index (χ1n) is 8.66. The van der Waals surface area contributed by atoms with Crippen LogP contribution in [0.3, 0.4) is 0 Å². The predicted octanol–water partition coefficient (Wildman–Crippen LogP) is 4.77. The van der Waals surface area contributed by atoms with Crippen LogP contribution in [0.25, 0.3) is 22.5 Å². The number of carbonyl (C=O) groups is 1. The second kappa shape index (κ2) is 8.20. The Morgan fingerprint density at radius 3 is 2.69 bits per heavy atom. The molecular formula is C21H14ClFN4O2. The Labute approximate surface area is 170 Å². The van der Waals surface area contributed by atoms with Crippen LogP contribution < -0.4 is 5.32 Å². The Bertz CT molecular complexity index is 1150. The Hall–Kier alpha value is -3.58. The van der Waals surface area contributed by atoms with E-state index in [9.17, 15) is 9.18 Å². The van der Waals surface area contributed by atoms with Crippen molar-refractivity contribution in [2.45, 2.75) is 6.42 Å². The molecule has 0 aliphatic heterocycles. The van der Waals surface area contributed by atoms with E-state index in [-0.39, 0.29) is 24.0 Å². The number of hydrogen-bond acceptors (Lipinski definition) is 5. The molecule has 1 amide bonds. The highest BCUT2D eigenvalue weighted by Crippen LogP contribution is 2.36. The average Bonchev–Trinajstić information content (AvgIpc) is 3.12. The van der Waals surface area contributed by atoms with Gasteiger partial charge in [0.25, 0.3) is 0 Å². The van der Waals surface area contributed by atoms with E-state index in [1.165, 1.54) is 18.5 Å². The molecule has 0 bridgehead atoms. The molecule has 0 atom stereocenters. The highest BCUT2D eigenvalue weighted by Gasteiger charge is 2.22. The molecule has 0 aliphatic rings. The van der Waals surface area contributed by atoms with Crippen LogP contribution in [-0.4, -0.2) is 21.0 Å². The third-order valence-corrected chi connectivity index (χ3v) is 4.39. The van der Waals surface area contributed by atoms with E-state index in [0.717, 1.165) is 5.56 Å². The van der Waals surface area contributed by atoms with E-state index in [1.54, 1.807) is 48.7 Å². The molecule has 1 N–H and O–H groups in total. The van der Waals surface area contributed by atoms with Gasteiger partial charge in [-0.3, -0.25) is 10.1 Å². The van der Waals surface area contributed by atoms with Crippen LogP contribution in [0.2, 0.25) is 5.02 Å². The maximum Gasteiger partial charge on any atom is 0.241 e. The molecule has 0 saturated carbocycles. The van der Waals surface area contributed by atoms with Gasteiger partial charge in [-0.15, -0.1) is 0 Å². The molecule has 6 nitrogen and oxygen atoms in total. The molecule has 0 spiro atoms. The van der Waals surface area contributed by atoms with Gasteiger partial charge in [0.1, 0.15) is 17.8 Å². The van der Waals surface area contributed by atoms with Gasteiger partial charge in [0, 0.05) is 16.8 Å². The van der Waals surface area contributed by atoms with E-state index >= 15 is 0 Å². The summed E-state index contributed by atoms with van der Waals surface area (Å²) in [7, 11) is 0. The lowest BCUT2D eigenvalue weighted by Gasteiger charge is -2.06. The van der Waals surface area contributed by atoms with Crippen molar-refractivity contribution in [1.82, 2.24) is 15.1 Å². The fraction of sp³-hybridized carbons (Fsp3) is 0.0476. The summed E-state index contributed by atoms with van der Waals surface area (Å²) < 4.78 is 18.7. The molecule has 8 heteroatoms. The minimum atomic E-state index is -0.365. The Morgan fingerprint density at radius 1 is 1.14 bits per heavy atom. The van der Waals surface area contributed by atoms with Gasteiger partial charge in [-0.05, 0) is 48.0 Å². The van der Waals surface area contributed by atoms with Crippen LogP contribution in [-0.2, 0) is 11.2 Å². The van der Waals surface area contributed by atoms with Gasteiger partial charge in [-0.25, -0.2) is 14.4 Å². The van der Waals surface area contributed by atoms with E-state index in [1.807, 2.05) is 0 Å². The minimum Gasteiger partial charge on any atom is -0.337 e. The van der Waals surface area contributed by atoms with Crippen molar-refractivity contribution in [2.75, 3.05) is 5.32 Å². The van der Waals surface area contributed by atoms with Crippen molar-refractivity contribution >= 4 is 23.4 Å². The van der Waals surface area contributed by atoms with Gasteiger partial charge < -0.3 is 4.52 Å². The molecule has 0 aliphatic carbocycles. The molecule has 2 aromatic heterocycles. The summed E-state index contributed by atoms with van der Waals surface area (Å²) in [4.78, 5) is 20.7. The fourth-order valence-electron chi connectivity index (χ4n) is 2.86. The molecule has 4 aromatic rings. The third kappa shape index (κ3) is 4.30. The van der Waals surface area contributed by atoms with Gasteiger partial charge in [-0.2, -0.15) is 0 Å². The van der Waals surface area contributed by atoms with Gasteiger partial charge >= 0.3 is 0 Å². The first-order valence-corrected chi connectivity index (χ1v) is 9.04. The van der Waals surface area contributed by atoms with Gasteiger partial charge in [0.05, 0.1) is 17.7 Å². The quantitative estimate of drug-likeness (QED) is 0.514. The summed E-state index contributed by atoms with van der Waals surface area (Å²) in [6.07, 6.45) is 3.06. The molecule has 0 radical (unpaired) electrons. The minimum absolute atomic E-state index is 0.107. The summed E-state index contributed by atoms with van der Waals surface area (Å²) in [5.41, 5.74) is 2.81. The Kier molecular flexibility index (Phi) is 5.31. The zero-order valence-electron chi connectivity index (χ0n) is 15.0. The first kappa shape index (κ1) is 18.8. The summed E-state index contributed by atoms with van der Waals surface area (Å²) in [6.45, 7) is 0. The second-order valence-corrected chi connectivity index (χ2v) is 6.63. The monoisotopic (exact) mass is 408 g/mol. The van der Waals surface area contributed by atoms with Crippen molar-refractivity contribution < 1.29 is 13.7 Å². The highest BCUT2D eigenvalue weighted by molar-refractivity contribution is 6.30. The molecule has 0 fully saturated rings. The molecular weight excluding hydrogens is 395 g/mol. The van der Waals surface area contributed by atoms with Gasteiger partial charge in [0.15, 0.2) is 0 Å². The fourth-order valence-corrected chi connectivity index (χ4v) is 3.07. The molecule has 2 aromatic carbocycles. The lowest BCUT2D eigenvalue weighted by Crippen LogP contribution is -2.14. The molecule has 144 valence electrons. The maximum atomic E-state index is 13.3. The highest BCUT2D eigenvalue weighted by atomic mass is 35.5. The number of amides is 1. The Balaban J connectivity index is 1.68. The van der Waals surface area contributed by atoms with Crippen molar-refractivity contribution in [1.29, 1.82) is 0 Å². The molecule has 0 saturated heterocycles. The molecule has 0 unspecified atom stereocenters. The lowest BCUT2D eigenvalue weighted by molar-refractivity contribution is -0.115. The number of anilines is 1. The molecule has 4 rings (SSSR count). The second-order valence-electron chi connectivity index (χ2n) is 6.19. The van der Waals surface area contributed by atoms with Crippen LogP contribution in [0.1, 0.15) is 5.56 Å². The number of hydrogen-bond donors (Lipinski definition) is 1. The van der Waals surface area contributed by atoms with Crippen LogP contribution in [0.4, 0.5) is 10.3 Å². The van der Waals surface area contributed by atoms with Crippen LogP contribution >= 0.6 is 11.6 Å². The van der Waals surface area contributed by atoms with Gasteiger partial charge in [0.2, 0.25) is 11.8 Å². The number of nitrogens with one attached hydrogen (secondary N) is 1. The standard InChI is InChI=1S/C21H14ClFN4O2/c22-15-3-1-2-13(10-15)11-18(28)26-21-19(17-8-9-24-12-25-17)20(27-29-21)14-4-6-16(23)7-5-14/h1-10,12H,11H2,(H,26,28). The van der Waals surface area contributed by atoms with E-state index in [4.69, 9.17) is 16.1 Å². The number of nitrogens with zero attached hydrogens (tertiary/aromatic N) is 3. The summed E-state index contributed by atoms with van der Waals surface area (Å²) in [6, 6.07) is 14.5. The molecule has 2 heterocycles. The zero-order valence-corrected chi connectivity index (χ0v) is 15.7. The molecule has 29 heavy (non-hydrogen) atoms. The first-order chi connectivity index (χ1) is 14.1. The van der Waals surface area contributed by atoms with Crippen molar-refractivity contribution in [3.8, 4) is 22.5 Å². The largest absolute Gasteiger partial charge is 0.337 e. The van der Waals surface area contributed by atoms with Gasteiger partial charge in [-0.1, -0.05) is 28.9 Å². The zero-order chi connectivity index (χ0) is 20.2. The number of halogens is 2. The number of benzene rings is 2. The van der Waals surface area contributed by atoms with Crippen LogP contribution in [0, 0.1) is 5.82 Å². The number of rotatable bonds is 5. The van der Waals surface area contributed by atoms with Crippen LogP contribution in [0.15, 0.2) is 71.6 Å². The van der Waals surface area contributed by atoms with Crippen molar-refractivity contribution in [3.05, 3.63) is 83.5 Å². The SMILES string of the molecule is O=C(Cc1cccc(Cl)c1)Nc1onc(-c2ccc(F)cc2)c1-c1ccncn1. The summed E-state index contributed by atoms with van der Waals surface area (Å²) in [5, 5.41) is 7.36. The number of carbonyl (C=O) groups excluding carboxylic acids is 1. The number of aromatic nitrogens is 3. The summed E-state index contributed by atoms with van der Waals surface area (Å²) >= 11 is 5.97. The third-order valence-electron chi connectivity index (χ3n) is 4.15. The lowest BCUT2D eigenvalue weighted by atomic mass is 10.0. The maximum absolute atomic E-state index is 13.3. The normalized spacial score (nSPS) is 10.7.